The van der Waals surface area contributed by atoms with Crippen molar-refractivity contribution in [2.24, 2.45) is 5.73 Å². The molecule has 1 aromatic rings. The fourth-order valence-electron chi connectivity index (χ4n) is 1.22. The van der Waals surface area contributed by atoms with E-state index in [0.717, 1.165) is 6.07 Å². The molecule has 0 saturated heterocycles. The molecule has 0 aromatic heterocycles. The molecule has 0 aliphatic heterocycles. The Balaban J connectivity index is 0.00000289. The molecule has 0 fully saturated rings. The summed E-state index contributed by atoms with van der Waals surface area (Å²) in [6.45, 7) is 5.12. The summed E-state index contributed by atoms with van der Waals surface area (Å²) in [5, 5.41) is 0. The van der Waals surface area contributed by atoms with Crippen LogP contribution in [-0.2, 0) is 10.0 Å². The van der Waals surface area contributed by atoms with Crippen LogP contribution in [0.1, 0.15) is 19.4 Å². The molecular formula is C11H18ClFN2O2S. The molecule has 1 aromatic carbocycles. The average molecular weight is 297 g/mol. The summed E-state index contributed by atoms with van der Waals surface area (Å²) in [6, 6.07) is 3.67. The van der Waals surface area contributed by atoms with Gasteiger partial charge in [-0.15, -0.1) is 12.4 Å². The normalized spacial score (nSPS) is 12.1. The molecule has 0 aliphatic carbocycles. The van der Waals surface area contributed by atoms with Crippen LogP contribution in [0, 0.1) is 12.7 Å². The molecule has 0 spiro atoms. The highest BCUT2D eigenvalue weighted by Gasteiger charge is 2.19. The van der Waals surface area contributed by atoms with Gasteiger partial charge in [-0.1, -0.05) is 0 Å². The zero-order valence-corrected chi connectivity index (χ0v) is 12.2. The molecule has 104 valence electrons. The van der Waals surface area contributed by atoms with E-state index in [1.807, 2.05) is 0 Å². The highest BCUT2D eigenvalue weighted by Crippen LogP contribution is 2.14. The maximum absolute atomic E-state index is 13.1. The van der Waals surface area contributed by atoms with Gasteiger partial charge in [0.15, 0.2) is 0 Å². The minimum Gasteiger partial charge on any atom is -0.324 e. The Hall–Kier alpha value is -0.690. The molecule has 7 heteroatoms. The number of sulfonamides is 1. The number of rotatable bonds is 4. The third kappa shape index (κ3) is 5.30. The van der Waals surface area contributed by atoms with Crippen LogP contribution in [0.15, 0.2) is 23.1 Å². The quantitative estimate of drug-likeness (QED) is 0.886. The lowest BCUT2D eigenvalue weighted by molar-refractivity contribution is 0.497. The van der Waals surface area contributed by atoms with E-state index in [4.69, 9.17) is 5.73 Å². The van der Waals surface area contributed by atoms with Crippen LogP contribution in [0.4, 0.5) is 4.39 Å². The first-order chi connectivity index (χ1) is 7.60. The van der Waals surface area contributed by atoms with Crippen LogP contribution in [0.3, 0.4) is 0 Å². The van der Waals surface area contributed by atoms with Crippen LogP contribution in [-0.4, -0.2) is 20.5 Å². The molecule has 18 heavy (non-hydrogen) atoms. The molecule has 4 nitrogen and oxygen atoms in total. The summed E-state index contributed by atoms with van der Waals surface area (Å²) < 4.78 is 39.2. The standard InChI is InChI=1S/C11H17FN2O2S.ClH/c1-8-4-9(12)6-10(5-8)17(15,16)14-7-11(2,3)13;/h4-6,14H,7,13H2,1-3H3;1H. The lowest BCUT2D eigenvalue weighted by Crippen LogP contribution is -2.45. The fourth-order valence-corrected chi connectivity index (χ4v) is 2.56. The third-order valence-electron chi connectivity index (χ3n) is 2.04. The molecule has 0 aliphatic rings. The van der Waals surface area contributed by atoms with Crippen molar-refractivity contribution in [1.82, 2.24) is 4.72 Å². The Morgan fingerprint density at radius 3 is 2.33 bits per heavy atom. The molecule has 0 amide bonds. The van der Waals surface area contributed by atoms with Gasteiger partial charge in [0.2, 0.25) is 10.0 Å². The van der Waals surface area contributed by atoms with Gasteiger partial charge >= 0.3 is 0 Å². The van der Waals surface area contributed by atoms with Gasteiger partial charge in [0.1, 0.15) is 5.82 Å². The molecule has 3 N–H and O–H groups in total. The summed E-state index contributed by atoms with van der Waals surface area (Å²) in [5.41, 5.74) is 5.58. The number of aryl methyl sites for hydroxylation is 1. The lowest BCUT2D eigenvalue weighted by atomic mass is 10.1. The minimum absolute atomic E-state index is 0. The first kappa shape index (κ1) is 17.3. The summed E-state index contributed by atoms with van der Waals surface area (Å²) >= 11 is 0. The van der Waals surface area contributed by atoms with Crippen molar-refractivity contribution >= 4 is 22.4 Å². The minimum atomic E-state index is -3.71. The Labute approximate surface area is 113 Å². The predicted octanol–water partition coefficient (Wildman–Crippen LogP) is 1.57. The van der Waals surface area contributed by atoms with E-state index in [0.29, 0.717) is 5.56 Å². The van der Waals surface area contributed by atoms with E-state index >= 15 is 0 Å². The van der Waals surface area contributed by atoms with Crippen LogP contribution < -0.4 is 10.5 Å². The highest BCUT2D eigenvalue weighted by molar-refractivity contribution is 7.89. The second-order valence-corrected chi connectivity index (χ2v) is 6.54. The number of hydrogen-bond acceptors (Lipinski definition) is 3. The van der Waals surface area contributed by atoms with Crippen molar-refractivity contribution in [1.29, 1.82) is 0 Å². The molecule has 0 heterocycles. The number of nitrogens with two attached hydrogens (primary N) is 1. The molecule has 1 rings (SSSR count). The van der Waals surface area contributed by atoms with Crippen molar-refractivity contribution < 1.29 is 12.8 Å². The van der Waals surface area contributed by atoms with Gasteiger partial charge in [-0.05, 0) is 44.5 Å². The fraction of sp³-hybridized carbons (Fsp3) is 0.455. The van der Waals surface area contributed by atoms with Crippen LogP contribution in [0.2, 0.25) is 0 Å². The van der Waals surface area contributed by atoms with Gasteiger partial charge in [-0.3, -0.25) is 0 Å². The van der Waals surface area contributed by atoms with Gasteiger partial charge in [0.25, 0.3) is 0 Å². The lowest BCUT2D eigenvalue weighted by Gasteiger charge is -2.19. The first-order valence-corrected chi connectivity index (χ1v) is 6.64. The van der Waals surface area contributed by atoms with Gasteiger partial charge in [-0.25, -0.2) is 17.5 Å². The average Bonchev–Trinajstić information content (AvgIpc) is 2.12. The van der Waals surface area contributed by atoms with Crippen molar-refractivity contribution in [2.75, 3.05) is 6.54 Å². The molecule has 0 bridgehead atoms. The first-order valence-electron chi connectivity index (χ1n) is 5.16. The van der Waals surface area contributed by atoms with Crippen molar-refractivity contribution in [3.8, 4) is 0 Å². The van der Waals surface area contributed by atoms with E-state index in [1.165, 1.54) is 12.1 Å². The predicted molar refractivity (Wildman–Crippen MR) is 71.8 cm³/mol. The Kier molecular flexibility index (Phi) is 5.74. The number of halogens is 2. The maximum atomic E-state index is 13.1. The van der Waals surface area contributed by atoms with Crippen LogP contribution >= 0.6 is 12.4 Å². The van der Waals surface area contributed by atoms with E-state index in [9.17, 15) is 12.8 Å². The topological polar surface area (TPSA) is 72.2 Å². The molecular weight excluding hydrogens is 279 g/mol. The molecule has 0 atom stereocenters. The smallest absolute Gasteiger partial charge is 0.240 e. The third-order valence-corrected chi connectivity index (χ3v) is 3.42. The van der Waals surface area contributed by atoms with Crippen molar-refractivity contribution in [2.45, 2.75) is 31.2 Å². The van der Waals surface area contributed by atoms with Crippen molar-refractivity contribution in [3.63, 3.8) is 0 Å². The van der Waals surface area contributed by atoms with E-state index in [-0.39, 0.29) is 23.8 Å². The summed E-state index contributed by atoms with van der Waals surface area (Å²) in [4.78, 5) is -0.0840. The Bertz CT molecular complexity index is 492. The zero-order valence-electron chi connectivity index (χ0n) is 10.5. The molecule has 0 radical (unpaired) electrons. The van der Waals surface area contributed by atoms with Gasteiger partial charge in [0.05, 0.1) is 4.90 Å². The maximum Gasteiger partial charge on any atom is 0.240 e. The summed E-state index contributed by atoms with van der Waals surface area (Å²) in [5.74, 6) is -0.572. The van der Waals surface area contributed by atoms with E-state index in [1.54, 1.807) is 20.8 Å². The van der Waals surface area contributed by atoms with E-state index in [2.05, 4.69) is 4.72 Å². The van der Waals surface area contributed by atoms with E-state index < -0.39 is 21.4 Å². The number of nitrogens with one attached hydrogen (secondary N) is 1. The number of benzene rings is 1. The van der Waals surface area contributed by atoms with Gasteiger partial charge in [-0.2, -0.15) is 0 Å². The van der Waals surface area contributed by atoms with Gasteiger partial charge < -0.3 is 5.73 Å². The largest absolute Gasteiger partial charge is 0.324 e. The zero-order chi connectivity index (χ0) is 13.3. The Morgan fingerprint density at radius 2 is 1.89 bits per heavy atom. The monoisotopic (exact) mass is 296 g/mol. The second kappa shape index (κ2) is 5.97. The van der Waals surface area contributed by atoms with Crippen molar-refractivity contribution in [3.05, 3.63) is 29.6 Å². The Morgan fingerprint density at radius 1 is 1.33 bits per heavy atom. The second-order valence-electron chi connectivity index (χ2n) is 4.78. The number of hydrogen-bond donors (Lipinski definition) is 2. The summed E-state index contributed by atoms with van der Waals surface area (Å²) in [6.07, 6.45) is 0. The van der Waals surface area contributed by atoms with Crippen LogP contribution in [0.5, 0.6) is 0 Å². The summed E-state index contributed by atoms with van der Waals surface area (Å²) in [7, 11) is -3.71. The van der Waals surface area contributed by atoms with Gasteiger partial charge in [0, 0.05) is 12.1 Å². The molecule has 0 unspecified atom stereocenters. The van der Waals surface area contributed by atoms with Crippen LogP contribution in [0.25, 0.3) is 0 Å². The molecule has 0 saturated carbocycles. The SMILES string of the molecule is Cc1cc(F)cc(S(=O)(=O)NCC(C)(C)N)c1.Cl. The highest BCUT2D eigenvalue weighted by atomic mass is 35.5.